The maximum Gasteiger partial charge on any atom is 0.328 e. The van der Waals surface area contributed by atoms with Crippen LogP contribution in [0.1, 0.15) is 25.3 Å². The Morgan fingerprint density at radius 2 is 1.90 bits per heavy atom. The fraction of sp³-hybridized carbons (Fsp3) is 0.357. The molecule has 0 aliphatic heterocycles. The number of sulfonamides is 1. The van der Waals surface area contributed by atoms with Crippen molar-refractivity contribution in [3.05, 3.63) is 35.9 Å². The Bertz CT molecular complexity index is 613. The van der Waals surface area contributed by atoms with Gasteiger partial charge in [0.1, 0.15) is 0 Å². The molecule has 0 atom stereocenters. The second kappa shape index (κ2) is 5.76. The van der Waals surface area contributed by atoms with E-state index in [2.05, 4.69) is 11.6 Å². The molecule has 20 heavy (non-hydrogen) atoms. The van der Waals surface area contributed by atoms with Crippen molar-refractivity contribution < 1.29 is 18.3 Å². The van der Waals surface area contributed by atoms with E-state index in [-0.39, 0.29) is 10.9 Å². The number of carbonyl (C=O) groups is 1. The topological polar surface area (TPSA) is 83.5 Å². The summed E-state index contributed by atoms with van der Waals surface area (Å²) in [6.45, 7) is 2.09. The smallest absolute Gasteiger partial charge is 0.328 e. The van der Waals surface area contributed by atoms with Gasteiger partial charge in [0.15, 0.2) is 0 Å². The van der Waals surface area contributed by atoms with E-state index < -0.39 is 16.0 Å². The minimum atomic E-state index is -3.48. The standard InChI is InChI=1S/C14H17NO4S/c1-10-8-12(9-10)15-20(18,19)13-5-2-11(3-6-13)4-7-14(16)17/h2-7,10,12,15H,8-9H2,1H3,(H,16,17)/b7-4+. The summed E-state index contributed by atoms with van der Waals surface area (Å²) >= 11 is 0. The van der Waals surface area contributed by atoms with Crippen LogP contribution in [0, 0.1) is 5.92 Å². The van der Waals surface area contributed by atoms with Crippen molar-refractivity contribution in [2.75, 3.05) is 0 Å². The number of carboxylic acids is 1. The van der Waals surface area contributed by atoms with Crippen LogP contribution >= 0.6 is 0 Å². The summed E-state index contributed by atoms with van der Waals surface area (Å²) in [6, 6.07) is 6.15. The van der Waals surface area contributed by atoms with E-state index in [9.17, 15) is 13.2 Å². The Morgan fingerprint density at radius 3 is 2.40 bits per heavy atom. The third-order valence-electron chi connectivity index (χ3n) is 3.30. The summed E-state index contributed by atoms with van der Waals surface area (Å²) in [4.78, 5) is 10.6. The number of benzene rings is 1. The van der Waals surface area contributed by atoms with Crippen LogP contribution in [0.25, 0.3) is 6.08 Å². The lowest BCUT2D eigenvalue weighted by Gasteiger charge is -2.32. The quantitative estimate of drug-likeness (QED) is 0.812. The molecule has 1 aromatic carbocycles. The van der Waals surface area contributed by atoms with Crippen molar-refractivity contribution in [2.45, 2.75) is 30.7 Å². The molecule has 0 aromatic heterocycles. The predicted octanol–water partition coefficient (Wildman–Crippen LogP) is 1.86. The molecular weight excluding hydrogens is 278 g/mol. The second-order valence-electron chi connectivity index (χ2n) is 5.14. The van der Waals surface area contributed by atoms with E-state index in [1.54, 1.807) is 12.1 Å². The maximum atomic E-state index is 12.1. The Morgan fingerprint density at radius 1 is 1.30 bits per heavy atom. The first-order chi connectivity index (χ1) is 9.37. The summed E-state index contributed by atoms with van der Waals surface area (Å²) < 4.78 is 26.9. The Kier molecular flexibility index (Phi) is 4.25. The molecule has 108 valence electrons. The molecule has 2 N–H and O–H groups in total. The van der Waals surface area contributed by atoms with E-state index >= 15 is 0 Å². The number of aliphatic carboxylic acids is 1. The van der Waals surface area contributed by atoms with Gasteiger partial charge in [-0.05, 0) is 42.5 Å². The molecule has 6 heteroatoms. The molecule has 0 heterocycles. The fourth-order valence-corrected chi connectivity index (χ4v) is 3.47. The third kappa shape index (κ3) is 3.68. The van der Waals surface area contributed by atoms with Gasteiger partial charge in [-0.25, -0.2) is 17.9 Å². The van der Waals surface area contributed by atoms with Crippen LogP contribution in [-0.2, 0) is 14.8 Å². The van der Waals surface area contributed by atoms with Crippen molar-refractivity contribution in [1.29, 1.82) is 0 Å². The van der Waals surface area contributed by atoms with Gasteiger partial charge in [-0.15, -0.1) is 0 Å². The van der Waals surface area contributed by atoms with Crippen LogP contribution in [0.2, 0.25) is 0 Å². The highest BCUT2D eigenvalue weighted by Crippen LogP contribution is 2.27. The fourth-order valence-electron chi connectivity index (χ4n) is 2.21. The van der Waals surface area contributed by atoms with E-state index in [1.807, 2.05) is 0 Å². The average Bonchev–Trinajstić information content (AvgIpc) is 2.35. The van der Waals surface area contributed by atoms with Gasteiger partial charge >= 0.3 is 5.97 Å². The van der Waals surface area contributed by atoms with Gasteiger partial charge in [0.25, 0.3) is 0 Å². The molecule has 0 unspecified atom stereocenters. The van der Waals surface area contributed by atoms with Crippen molar-refractivity contribution in [3.8, 4) is 0 Å². The summed E-state index contributed by atoms with van der Waals surface area (Å²) in [6.07, 6.45) is 4.18. The van der Waals surface area contributed by atoms with Crippen LogP contribution < -0.4 is 4.72 Å². The molecule has 1 aliphatic rings. The minimum Gasteiger partial charge on any atom is -0.478 e. The SMILES string of the molecule is CC1CC(NS(=O)(=O)c2ccc(/C=C/C(=O)O)cc2)C1. The van der Waals surface area contributed by atoms with Gasteiger partial charge in [-0.1, -0.05) is 19.1 Å². The molecule has 0 amide bonds. The number of nitrogens with one attached hydrogen (secondary N) is 1. The highest BCUT2D eigenvalue weighted by molar-refractivity contribution is 7.89. The predicted molar refractivity (Wildman–Crippen MR) is 75.6 cm³/mol. The first kappa shape index (κ1) is 14.7. The molecule has 0 saturated heterocycles. The van der Waals surface area contributed by atoms with Crippen LogP contribution in [0.4, 0.5) is 0 Å². The van der Waals surface area contributed by atoms with E-state index in [0.717, 1.165) is 18.9 Å². The second-order valence-corrected chi connectivity index (χ2v) is 6.85. The number of hydrogen-bond acceptors (Lipinski definition) is 3. The molecule has 1 aliphatic carbocycles. The zero-order valence-corrected chi connectivity index (χ0v) is 11.9. The Balaban J connectivity index is 2.06. The molecule has 2 rings (SSSR count). The first-order valence-corrected chi connectivity index (χ1v) is 7.88. The first-order valence-electron chi connectivity index (χ1n) is 6.40. The summed E-state index contributed by atoms with van der Waals surface area (Å²) in [7, 11) is -3.48. The van der Waals surface area contributed by atoms with Crippen molar-refractivity contribution >= 4 is 22.1 Å². The molecule has 1 saturated carbocycles. The van der Waals surface area contributed by atoms with Crippen molar-refractivity contribution in [1.82, 2.24) is 4.72 Å². The van der Waals surface area contributed by atoms with Crippen LogP contribution in [0.15, 0.2) is 35.2 Å². The van der Waals surface area contributed by atoms with E-state index in [4.69, 9.17) is 5.11 Å². The summed E-state index contributed by atoms with van der Waals surface area (Å²) in [5.41, 5.74) is 0.642. The minimum absolute atomic E-state index is 0.0292. The summed E-state index contributed by atoms with van der Waals surface area (Å²) in [5.74, 6) is -0.464. The zero-order chi connectivity index (χ0) is 14.8. The lowest BCUT2D eigenvalue weighted by atomic mass is 9.83. The van der Waals surface area contributed by atoms with Gasteiger partial charge in [-0.2, -0.15) is 0 Å². The lowest BCUT2D eigenvalue weighted by Crippen LogP contribution is -2.43. The van der Waals surface area contributed by atoms with Gasteiger partial charge in [0.2, 0.25) is 10.0 Å². The van der Waals surface area contributed by atoms with Gasteiger partial charge < -0.3 is 5.11 Å². The van der Waals surface area contributed by atoms with Crippen molar-refractivity contribution in [3.63, 3.8) is 0 Å². The third-order valence-corrected chi connectivity index (χ3v) is 4.84. The molecule has 1 fully saturated rings. The molecule has 0 spiro atoms. The lowest BCUT2D eigenvalue weighted by molar-refractivity contribution is -0.131. The van der Waals surface area contributed by atoms with E-state index in [0.29, 0.717) is 11.5 Å². The van der Waals surface area contributed by atoms with Crippen LogP contribution in [-0.4, -0.2) is 25.5 Å². The monoisotopic (exact) mass is 295 g/mol. The number of hydrogen-bond donors (Lipinski definition) is 2. The molecular formula is C14H17NO4S. The molecule has 0 radical (unpaired) electrons. The highest BCUT2D eigenvalue weighted by atomic mass is 32.2. The van der Waals surface area contributed by atoms with E-state index in [1.165, 1.54) is 18.2 Å². The van der Waals surface area contributed by atoms with Gasteiger partial charge in [-0.3, -0.25) is 0 Å². The number of carboxylic acid groups (broad SMARTS) is 1. The van der Waals surface area contributed by atoms with Crippen LogP contribution in [0.5, 0.6) is 0 Å². The van der Waals surface area contributed by atoms with Crippen LogP contribution in [0.3, 0.4) is 0 Å². The van der Waals surface area contributed by atoms with Gasteiger partial charge in [0.05, 0.1) is 4.90 Å². The average molecular weight is 295 g/mol. The zero-order valence-electron chi connectivity index (χ0n) is 11.1. The largest absolute Gasteiger partial charge is 0.478 e. The Hall–Kier alpha value is -1.66. The molecule has 0 bridgehead atoms. The highest BCUT2D eigenvalue weighted by Gasteiger charge is 2.29. The molecule has 5 nitrogen and oxygen atoms in total. The summed E-state index contributed by atoms with van der Waals surface area (Å²) in [5, 5.41) is 8.52. The maximum absolute atomic E-state index is 12.1. The normalized spacial score (nSPS) is 22.6. The van der Waals surface area contributed by atoms with Gasteiger partial charge in [0, 0.05) is 12.1 Å². The Labute approximate surface area is 118 Å². The van der Waals surface area contributed by atoms with Crippen molar-refractivity contribution in [2.24, 2.45) is 5.92 Å². The molecule has 1 aromatic rings. The number of rotatable bonds is 5.